The summed E-state index contributed by atoms with van der Waals surface area (Å²) in [7, 11) is 0. The van der Waals surface area contributed by atoms with E-state index in [4.69, 9.17) is 11.6 Å². The standard InChI is InChI=1S/C4H5ClOS/c1-2-3-7-4(5)6/h2H,1,3H2. The first-order valence-corrected chi connectivity index (χ1v) is 3.07. The lowest BCUT2D eigenvalue weighted by Crippen LogP contribution is -1.72. The van der Waals surface area contributed by atoms with Crippen LogP contribution in [0.2, 0.25) is 0 Å². The molecule has 0 saturated carbocycles. The second-order valence-electron chi connectivity index (χ2n) is 0.837. The van der Waals surface area contributed by atoms with Crippen LogP contribution < -0.4 is 0 Å². The minimum atomic E-state index is -0.375. The third kappa shape index (κ3) is 6.05. The van der Waals surface area contributed by atoms with E-state index in [1.54, 1.807) is 6.08 Å². The summed E-state index contributed by atoms with van der Waals surface area (Å²) in [5, 5.41) is 0. The average Bonchev–Trinajstić information content (AvgIpc) is 1.61. The number of rotatable bonds is 2. The molecule has 0 radical (unpaired) electrons. The van der Waals surface area contributed by atoms with Crippen LogP contribution in [0.15, 0.2) is 12.7 Å². The minimum absolute atomic E-state index is 0.375. The molecule has 0 amide bonds. The smallest absolute Gasteiger partial charge is 0.268 e. The highest BCUT2D eigenvalue weighted by atomic mass is 35.5. The van der Waals surface area contributed by atoms with Gasteiger partial charge >= 0.3 is 0 Å². The van der Waals surface area contributed by atoms with Crippen molar-refractivity contribution in [1.82, 2.24) is 0 Å². The van der Waals surface area contributed by atoms with E-state index in [9.17, 15) is 4.79 Å². The second kappa shape index (κ2) is 4.22. The lowest BCUT2D eigenvalue weighted by molar-refractivity contribution is 0.276. The molecule has 0 atom stereocenters. The van der Waals surface area contributed by atoms with Gasteiger partial charge in [-0.1, -0.05) is 17.8 Å². The third-order valence-corrected chi connectivity index (χ3v) is 1.27. The van der Waals surface area contributed by atoms with Gasteiger partial charge in [-0.15, -0.1) is 6.58 Å². The molecule has 0 saturated heterocycles. The first kappa shape index (κ1) is 7.05. The van der Waals surface area contributed by atoms with E-state index in [-0.39, 0.29) is 4.57 Å². The van der Waals surface area contributed by atoms with Gasteiger partial charge in [-0.25, -0.2) is 0 Å². The van der Waals surface area contributed by atoms with Crippen LogP contribution in [-0.2, 0) is 0 Å². The Morgan fingerprint density at radius 3 is 2.71 bits per heavy atom. The quantitative estimate of drug-likeness (QED) is 0.428. The van der Waals surface area contributed by atoms with Crippen LogP contribution in [0.25, 0.3) is 0 Å². The summed E-state index contributed by atoms with van der Waals surface area (Å²) in [6, 6.07) is 0. The highest BCUT2D eigenvalue weighted by Gasteiger charge is 1.89. The maximum Gasteiger partial charge on any atom is 0.279 e. The molecule has 0 aliphatic rings. The Labute approximate surface area is 51.7 Å². The van der Waals surface area contributed by atoms with E-state index in [0.29, 0.717) is 5.75 Å². The van der Waals surface area contributed by atoms with Crippen molar-refractivity contribution in [2.24, 2.45) is 0 Å². The fourth-order valence-electron chi connectivity index (χ4n) is 0.124. The third-order valence-electron chi connectivity index (χ3n) is 0.315. The van der Waals surface area contributed by atoms with Crippen LogP contribution >= 0.6 is 23.4 Å². The van der Waals surface area contributed by atoms with Gasteiger partial charge in [0.2, 0.25) is 0 Å². The van der Waals surface area contributed by atoms with Crippen LogP contribution in [0.3, 0.4) is 0 Å². The van der Waals surface area contributed by atoms with Gasteiger partial charge in [0.15, 0.2) is 0 Å². The van der Waals surface area contributed by atoms with Crippen molar-refractivity contribution in [3.05, 3.63) is 12.7 Å². The van der Waals surface area contributed by atoms with Crippen molar-refractivity contribution in [3.8, 4) is 0 Å². The summed E-state index contributed by atoms with van der Waals surface area (Å²) in [5.41, 5.74) is 0. The van der Waals surface area contributed by atoms with Gasteiger partial charge in [0.05, 0.1) is 0 Å². The SMILES string of the molecule is C=CCSC(=O)Cl. The van der Waals surface area contributed by atoms with Gasteiger partial charge in [-0.3, -0.25) is 4.79 Å². The number of hydrogen-bond donors (Lipinski definition) is 0. The fraction of sp³-hybridized carbons (Fsp3) is 0.250. The van der Waals surface area contributed by atoms with Crippen LogP contribution in [-0.4, -0.2) is 10.3 Å². The zero-order valence-corrected chi connectivity index (χ0v) is 5.26. The van der Waals surface area contributed by atoms with E-state index in [2.05, 4.69) is 6.58 Å². The van der Waals surface area contributed by atoms with E-state index in [1.165, 1.54) is 0 Å². The summed E-state index contributed by atoms with van der Waals surface area (Å²) in [5.74, 6) is 0.600. The molecule has 0 fully saturated rings. The minimum Gasteiger partial charge on any atom is -0.268 e. The number of carbonyl (C=O) groups excluding carboxylic acids is 1. The van der Waals surface area contributed by atoms with Gasteiger partial charge < -0.3 is 0 Å². The Hall–Kier alpha value is 0.0500. The van der Waals surface area contributed by atoms with Crippen molar-refractivity contribution < 1.29 is 4.79 Å². The Balaban J connectivity index is 2.97. The van der Waals surface area contributed by atoms with Gasteiger partial charge in [0, 0.05) is 5.75 Å². The zero-order chi connectivity index (χ0) is 5.70. The number of hydrogen-bond acceptors (Lipinski definition) is 2. The summed E-state index contributed by atoms with van der Waals surface area (Å²) in [6.45, 7) is 3.40. The maximum absolute atomic E-state index is 9.88. The van der Waals surface area contributed by atoms with E-state index < -0.39 is 0 Å². The molecule has 0 N–H and O–H groups in total. The second-order valence-corrected chi connectivity index (χ2v) is 2.40. The van der Waals surface area contributed by atoms with E-state index >= 15 is 0 Å². The molecular weight excluding hydrogens is 132 g/mol. The van der Waals surface area contributed by atoms with Gasteiger partial charge in [-0.2, -0.15) is 0 Å². The predicted octanol–water partition coefficient (Wildman–Crippen LogP) is 2.26. The summed E-state index contributed by atoms with van der Waals surface area (Å²) in [6.07, 6.45) is 1.63. The van der Waals surface area contributed by atoms with E-state index in [1.807, 2.05) is 0 Å². The first-order valence-electron chi connectivity index (χ1n) is 1.70. The van der Waals surface area contributed by atoms with Crippen molar-refractivity contribution in [2.45, 2.75) is 0 Å². The zero-order valence-electron chi connectivity index (χ0n) is 3.69. The molecule has 0 spiro atoms. The average molecular weight is 137 g/mol. The molecule has 0 aromatic heterocycles. The molecular formula is C4H5ClOS. The Morgan fingerprint density at radius 2 is 2.57 bits per heavy atom. The first-order chi connectivity index (χ1) is 3.27. The van der Waals surface area contributed by atoms with Crippen molar-refractivity contribution in [1.29, 1.82) is 0 Å². The van der Waals surface area contributed by atoms with Crippen LogP contribution in [0.5, 0.6) is 0 Å². The Kier molecular flexibility index (Phi) is 4.25. The molecule has 3 heteroatoms. The van der Waals surface area contributed by atoms with Gasteiger partial charge in [0.25, 0.3) is 4.57 Å². The van der Waals surface area contributed by atoms with Crippen LogP contribution in [0.4, 0.5) is 4.79 Å². The molecule has 0 bridgehead atoms. The summed E-state index contributed by atoms with van der Waals surface area (Å²) in [4.78, 5) is 9.88. The molecule has 40 valence electrons. The lowest BCUT2D eigenvalue weighted by atomic mass is 10.8. The lowest BCUT2D eigenvalue weighted by Gasteiger charge is -1.80. The van der Waals surface area contributed by atoms with Gasteiger partial charge in [0.1, 0.15) is 0 Å². The van der Waals surface area contributed by atoms with Crippen LogP contribution in [0.1, 0.15) is 0 Å². The normalized spacial score (nSPS) is 8.14. The van der Waals surface area contributed by atoms with Crippen molar-refractivity contribution in [3.63, 3.8) is 0 Å². The van der Waals surface area contributed by atoms with Gasteiger partial charge in [-0.05, 0) is 11.6 Å². The molecule has 0 heterocycles. The van der Waals surface area contributed by atoms with Crippen LogP contribution in [0, 0.1) is 0 Å². The highest BCUT2D eigenvalue weighted by Crippen LogP contribution is 2.05. The Morgan fingerprint density at radius 1 is 2.00 bits per heavy atom. The summed E-state index contributed by atoms with van der Waals surface area (Å²) < 4.78 is -0.375. The highest BCUT2D eigenvalue weighted by molar-refractivity contribution is 8.16. The summed E-state index contributed by atoms with van der Waals surface area (Å²) >= 11 is 5.97. The molecule has 0 aliphatic heterocycles. The molecule has 7 heavy (non-hydrogen) atoms. The molecule has 0 aliphatic carbocycles. The fourth-order valence-corrected chi connectivity index (χ4v) is 0.562. The number of carbonyl (C=O) groups is 1. The maximum atomic E-state index is 9.88. The molecule has 0 unspecified atom stereocenters. The molecule has 0 aromatic rings. The molecule has 0 rings (SSSR count). The topological polar surface area (TPSA) is 17.1 Å². The monoisotopic (exact) mass is 136 g/mol. The number of thioether (sulfide) groups is 1. The van der Waals surface area contributed by atoms with Crippen molar-refractivity contribution >= 4 is 27.9 Å². The predicted molar refractivity (Wildman–Crippen MR) is 33.9 cm³/mol. The molecule has 1 nitrogen and oxygen atoms in total. The van der Waals surface area contributed by atoms with Crippen molar-refractivity contribution in [2.75, 3.05) is 5.75 Å². The molecule has 0 aromatic carbocycles. The van der Waals surface area contributed by atoms with E-state index in [0.717, 1.165) is 11.8 Å². The largest absolute Gasteiger partial charge is 0.279 e. The number of halogens is 1. The Bertz CT molecular complexity index is 81.8.